The van der Waals surface area contributed by atoms with Crippen molar-refractivity contribution in [3.8, 4) is 11.5 Å². The maximum Gasteiger partial charge on any atom is 0.255 e. The molecule has 0 bridgehead atoms. The van der Waals surface area contributed by atoms with Crippen LogP contribution in [0.2, 0.25) is 0 Å². The van der Waals surface area contributed by atoms with Crippen LogP contribution < -0.4 is 5.32 Å². The molecule has 0 saturated heterocycles. The molecule has 1 aromatic rings. The van der Waals surface area contributed by atoms with Crippen LogP contribution >= 0.6 is 11.6 Å². The third-order valence-corrected chi connectivity index (χ3v) is 3.33. The Morgan fingerprint density at radius 3 is 2.82 bits per heavy atom. The van der Waals surface area contributed by atoms with Crippen LogP contribution in [-0.4, -0.2) is 28.0 Å². The second kappa shape index (κ2) is 4.84. The molecule has 1 aromatic carbocycles. The molecule has 1 amide bonds. The van der Waals surface area contributed by atoms with E-state index in [1.54, 1.807) is 0 Å². The van der Waals surface area contributed by atoms with Crippen molar-refractivity contribution < 1.29 is 15.0 Å². The van der Waals surface area contributed by atoms with Gasteiger partial charge in [0.1, 0.15) is 11.5 Å². The number of carbonyl (C=O) groups excluding carboxylic acids is 1. The molecule has 4 nitrogen and oxygen atoms in total. The Morgan fingerprint density at radius 2 is 2.18 bits per heavy atom. The van der Waals surface area contributed by atoms with E-state index < -0.39 is 5.91 Å². The number of benzene rings is 1. The van der Waals surface area contributed by atoms with Crippen molar-refractivity contribution in [3.05, 3.63) is 23.8 Å². The molecule has 1 fully saturated rings. The van der Waals surface area contributed by atoms with Crippen molar-refractivity contribution in [1.82, 2.24) is 5.32 Å². The van der Waals surface area contributed by atoms with E-state index in [4.69, 9.17) is 11.6 Å². The van der Waals surface area contributed by atoms with Gasteiger partial charge in [0, 0.05) is 6.54 Å². The van der Waals surface area contributed by atoms with Gasteiger partial charge >= 0.3 is 0 Å². The number of halogens is 1. The van der Waals surface area contributed by atoms with Gasteiger partial charge in [0.25, 0.3) is 5.91 Å². The summed E-state index contributed by atoms with van der Waals surface area (Å²) in [7, 11) is 0. The summed E-state index contributed by atoms with van der Waals surface area (Å²) in [4.78, 5) is 11.7. The summed E-state index contributed by atoms with van der Waals surface area (Å²) in [5.74, 6) is -0.144. The van der Waals surface area contributed by atoms with E-state index in [-0.39, 0.29) is 22.4 Å². The zero-order valence-electron chi connectivity index (χ0n) is 9.19. The van der Waals surface area contributed by atoms with E-state index >= 15 is 0 Å². The van der Waals surface area contributed by atoms with Crippen LogP contribution in [0.15, 0.2) is 18.2 Å². The minimum Gasteiger partial charge on any atom is -0.508 e. The fourth-order valence-electron chi connectivity index (χ4n) is 1.62. The van der Waals surface area contributed by atoms with Gasteiger partial charge in [0.2, 0.25) is 0 Å². The molecule has 5 heteroatoms. The van der Waals surface area contributed by atoms with Gasteiger partial charge < -0.3 is 15.5 Å². The van der Waals surface area contributed by atoms with Crippen LogP contribution in [-0.2, 0) is 0 Å². The van der Waals surface area contributed by atoms with Crippen molar-refractivity contribution in [3.63, 3.8) is 0 Å². The van der Waals surface area contributed by atoms with Crippen LogP contribution in [0, 0.1) is 5.92 Å². The monoisotopic (exact) mass is 255 g/mol. The molecule has 0 radical (unpaired) electrons. The highest BCUT2D eigenvalue weighted by Crippen LogP contribution is 2.35. The summed E-state index contributed by atoms with van der Waals surface area (Å²) in [6, 6.07) is 3.83. The summed E-state index contributed by atoms with van der Waals surface area (Å²) in [5, 5.41) is 21.3. The van der Waals surface area contributed by atoms with E-state index in [1.807, 2.05) is 0 Å². The highest BCUT2D eigenvalue weighted by molar-refractivity contribution is 6.21. The SMILES string of the molecule is O=C(NCC(Cl)C1CC1)c1cc(O)ccc1O. The number of carbonyl (C=O) groups is 1. The maximum absolute atomic E-state index is 11.7. The van der Waals surface area contributed by atoms with Crippen molar-refractivity contribution in [1.29, 1.82) is 0 Å². The average Bonchev–Trinajstić information content (AvgIpc) is 3.12. The molecule has 3 N–H and O–H groups in total. The largest absolute Gasteiger partial charge is 0.508 e. The lowest BCUT2D eigenvalue weighted by molar-refractivity contribution is 0.0950. The molecule has 1 aliphatic carbocycles. The zero-order valence-corrected chi connectivity index (χ0v) is 9.94. The van der Waals surface area contributed by atoms with Gasteiger partial charge in [-0.15, -0.1) is 11.6 Å². The number of alkyl halides is 1. The number of rotatable bonds is 4. The van der Waals surface area contributed by atoms with Crippen LogP contribution in [0.3, 0.4) is 0 Å². The Labute approximate surface area is 104 Å². The maximum atomic E-state index is 11.7. The lowest BCUT2D eigenvalue weighted by Crippen LogP contribution is -2.30. The first kappa shape index (κ1) is 12.0. The topological polar surface area (TPSA) is 69.6 Å². The van der Waals surface area contributed by atoms with Gasteiger partial charge in [-0.2, -0.15) is 0 Å². The number of amides is 1. The second-order valence-electron chi connectivity index (χ2n) is 4.26. The van der Waals surface area contributed by atoms with Crippen LogP contribution in [0.5, 0.6) is 11.5 Å². The predicted octanol–water partition coefficient (Wildman–Crippen LogP) is 1.85. The molecule has 92 valence electrons. The number of hydrogen-bond donors (Lipinski definition) is 3. The van der Waals surface area contributed by atoms with Gasteiger partial charge in [0.15, 0.2) is 0 Å². The molecular formula is C12H14ClNO3. The number of phenols is 2. The Hall–Kier alpha value is -1.42. The fourth-order valence-corrected chi connectivity index (χ4v) is 1.95. The number of aromatic hydroxyl groups is 2. The summed E-state index contributed by atoms with van der Waals surface area (Å²) in [6.45, 7) is 0.375. The van der Waals surface area contributed by atoms with Crippen LogP contribution in [0.1, 0.15) is 23.2 Å². The highest BCUT2D eigenvalue weighted by Gasteiger charge is 2.29. The highest BCUT2D eigenvalue weighted by atomic mass is 35.5. The number of nitrogens with one attached hydrogen (secondary N) is 1. The molecule has 0 heterocycles. The van der Waals surface area contributed by atoms with Gasteiger partial charge in [-0.3, -0.25) is 4.79 Å². The predicted molar refractivity (Wildman–Crippen MR) is 64.5 cm³/mol. The molecule has 0 aliphatic heterocycles. The van der Waals surface area contributed by atoms with E-state index in [0.717, 1.165) is 12.8 Å². The van der Waals surface area contributed by atoms with Gasteiger partial charge in [-0.25, -0.2) is 0 Å². The number of hydrogen-bond acceptors (Lipinski definition) is 3. The third kappa shape index (κ3) is 3.03. The van der Waals surface area contributed by atoms with Gasteiger partial charge in [-0.05, 0) is 37.0 Å². The first-order chi connectivity index (χ1) is 8.08. The molecule has 0 spiro atoms. The smallest absolute Gasteiger partial charge is 0.255 e. The van der Waals surface area contributed by atoms with Crippen molar-refractivity contribution in [2.24, 2.45) is 5.92 Å². The normalized spacial score (nSPS) is 16.5. The quantitative estimate of drug-likeness (QED) is 0.568. The summed E-state index contributed by atoms with van der Waals surface area (Å²) >= 11 is 6.05. The Kier molecular flexibility index (Phi) is 3.43. The van der Waals surface area contributed by atoms with Crippen LogP contribution in [0.4, 0.5) is 0 Å². The molecule has 0 aromatic heterocycles. The molecule has 2 rings (SSSR count). The van der Waals surface area contributed by atoms with Gasteiger partial charge in [-0.1, -0.05) is 0 Å². The zero-order chi connectivity index (χ0) is 12.4. The average molecular weight is 256 g/mol. The molecule has 1 aliphatic rings. The first-order valence-electron chi connectivity index (χ1n) is 5.52. The van der Waals surface area contributed by atoms with Crippen molar-refractivity contribution in [2.45, 2.75) is 18.2 Å². The van der Waals surface area contributed by atoms with Crippen LogP contribution in [0.25, 0.3) is 0 Å². The molecule has 17 heavy (non-hydrogen) atoms. The minimum absolute atomic E-state index is 0.0570. The van der Waals surface area contributed by atoms with E-state index in [2.05, 4.69) is 5.32 Å². The fraction of sp³-hybridized carbons (Fsp3) is 0.417. The molecule has 1 unspecified atom stereocenters. The van der Waals surface area contributed by atoms with E-state index in [0.29, 0.717) is 12.5 Å². The molecule has 1 saturated carbocycles. The summed E-state index contributed by atoms with van der Waals surface area (Å²) in [6.07, 6.45) is 2.23. The van der Waals surface area contributed by atoms with Gasteiger partial charge in [0.05, 0.1) is 10.9 Å². The number of phenolic OH excluding ortho intramolecular Hbond substituents is 2. The van der Waals surface area contributed by atoms with E-state index in [1.165, 1.54) is 18.2 Å². The Balaban J connectivity index is 1.96. The molecular weight excluding hydrogens is 242 g/mol. The van der Waals surface area contributed by atoms with Crippen molar-refractivity contribution in [2.75, 3.05) is 6.54 Å². The Bertz CT molecular complexity index is 432. The summed E-state index contributed by atoms with van der Waals surface area (Å²) in [5.41, 5.74) is 0.0599. The van der Waals surface area contributed by atoms with E-state index in [9.17, 15) is 15.0 Å². The lowest BCUT2D eigenvalue weighted by atomic mass is 10.1. The molecule has 1 atom stereocenters. The second-order valence-corrected chi connectivity index (χ2v) is 4.83. The summed E-state index contributed by atoms with van der Waals surface area (Å²) < 4.78 is 0. The Morgan fingerprint density at radius 1 is 1.47 bits per heavy atom. The minimum atomic E-state index is -0.426. The third-order valence-electron chi connectivity index (χ3n) is 2.82. The first-order valence-corrected chi connectivity index (χ1v) is 5.96. The standard InChI is InChI=1S/C12H14ClNO3/c13-10(7-1-2-7)6-14-12(17)9-5-8(15)3-4-11(9)16/h3-5,7,10,15-16H,1-2,6H2,(H,14,17). The van der Waals surface area contributed by atoms with Crippen molar-refractivity contribution >= 4 is 17.5 Å². The lowest BCUT2D eigenvalue weighted by Gasteiger charge is -2.10.